The zero-order chi connectivity index (χ0) is 17.4. The molecule has 0 amide bonds. The maximum Gasteiger partial charge on any atom is 0.298 e. The molecule has 0 aliphatic carbocycles. The second-order valence-electron chi connectivity index (χ2n) is 5.54. The third kappa shape index (κ3) is 2.79. The molecule has 4 aromatic rings. The number of fused-ring (bicyclic) bond motifs is 1. The average Bonchev–Trinajstić information content (AvgIpc) is 3.07. The van der Waals surface area contributed by atoms with Crippen molar-refractivity contribution in [3.8, 4) is 22.7 Å². The van der Waals surface area contributed by atoms with Crippen molar-refractivity contribution in [1.29, 1.82) is 0 Å². The van der Waals surface area contributed by atoms with Crippen LogP contribution >= 0.6 is 11.6 Å². The van der Waals surface area contributed by atoms with E-state index in [0.29, 0.717) is 22.1 Å². The van der Waals surface area contributed by atoms with Gasteiger partial charge in [-0.2, -0.15) is 0 Å². The van der Waals surface area contributed by atoms with Crippen molar-refractivity contribution in [1.82, 2.24) is 14.0 Å². The summed E-state index contributed by atoms with van der Waals surface area (Å²) in [4.78, 5) is 17.3. The summed E-state index contributed by atoms with van der Waals surface area (Å²) in [6, 6.07) is 14.7. The molecule has 0 saturated carbocycles. The Kier molecular flexibility index (Phi) is 3.78. The molecule has 0 radical (unpaired) electrons. The molecule has 0 N–H and O–H groups in total. The summed E-state index contributed by atoms with van der Waals surface area (Å²) in [7, 11) is 1.59. The molecule has 2 aromatic carbocycles. The maximum absolute atomic E-state index is 12.9. The van der Waals surface area contributed by atoms with E-state index in [1.165, 1.54) is 0 Å². The van der Waals surface area contributed by atoms with E-state index in [1.54, 1.807) is 40.6 Å². The van der Waals surface area contributed by atoms with Crippen molar-refractivity contribution in [3.63, 3.8) is 0 Å². The van der Waals surface area contributed by atoms with Crippen molar-refractivity contribution >= 4 is 17.2 Å². The van der Waals surface area contributed by atoms with Crippen molar-refractivity contribution in [3.05, 3.63) is 82.5 Å². The predicted molar refractivity (Wildman–Crippen MR) is 97.8 cm³/mol. The maximum atomic E-state index is 12.9. The number of methoxy groups -OCH3 is 1. The van der Waals surface area contributed by atoms with Crippen molar-refractivity contribution < 1.29 is 4.74 Å². The Balaban J connectivity index is 1.87. The minimum Gasteiger partial charge on any atom is -0.497 e. The Morgan fingerprint density at radius 3 is 2.72 bits per heavy atom. The van der Waals surface area contributed by atoms with E-state index in [9.17, 15) is 4.79 Å². The number of halogens is 1. The van der Waals surface area contributed by atoms with E-state index in [4.69, 9.17) is 16.3 Å². The van der Waals surface area contributed by atoms with E-state index in [-0.39, 0.29) is 5.56 Å². The van der Waals surface area contributed by atoms with Gasteiger partial charge >= 0.3 is 0 Å². The van der Waals surface area contributed by atoms with Crippen molar-refractivity contribution in [2.24, 2.45) is 0 Å². The summed E-state index contributed by atoms with van der Waals surface area (Å²) in [5.74, 6) is 0.687. The molecule has 2 heterocycles. The third-order valence-corrected chi connectivity index (χ3v) is 4.21. The smallest absolute Gasteiger partial charge is 0.298 e. The molecule has 0 spiro atoms. The zero-order valence-corrected chi connectivity index (χ0v) is 14.1. The van der Waals surface area contributed by atoms with Crippen LogP contribution in [0.25, 0.3) is 22.6 Å². The van der Waals surface area contributed by atoms with Gasteiger partial charge < -0.3 is 9.14 Å². The minimum absolute atomic E-state index is 0.205. The average molecular weight is 352 g/mol. The lowest BCUT2D eigenvalue weighted by Crippen LogP contribution is -2.19. The number of hydrogen-bond acceptors (Lipinski definition) is 3. The molecule has 25 heavy (non-hydrogen) atoms. The molecule has 0 unspecified atom stereocenters. The van der Waals surface area contributed by atoms with E-state index >= 15 is 0 Å². The lowest BCUT2D eigenvalue weighted by Gasteiger charge is -2.07. The summed E-state index contributed by atoms with van der Waals surface area (Å²) < 4.78 is 8.49. The summed E-state index contributed by atoms with van der Waals surface area (Å²) in [6.45, 7) is 0. The molecule has 124 valence electrons. The summed E-state index contributed by atoms with van der Waals surface area (Å²) >= 11 is 6.05. The highest BCUT2D eigenvalue weighted by atomic mass is 35.5. The number of benzene rings is 2. The Morgan fingerprint density at radius 1 is 1.08 bits per heavy atom. The molecule has 0 aliphatic heterocycles. The topological polar surface area (TPSA) is 48.5 Å². The first-order valence-corrected chi connectivity index (χ1v) is 8.04. The monoisotopic (exact) mass is 351 g/mol. The molecule has 0 aliphatic rings. The fourth-order valence-electron chi connectivity index (χ4n) is 2.73. The molecule has 0 atom stereocenters. The highest BCUT2D eigenvalue weighted by Gasteiger charge is 2.11. The van der Waals surface area contributed by atoms with Gasteiger partial charge in [0.1, 0.15) is 5.75 Å². The van der Waals surface area contributed by atoms with Gasteiger partial charge in [0.15, 0.2) is 0 Å². The van der Waals surface area contributed by atoms with Crippen LogP contribution in [0.5, 0.6) is 5.75 Å². The standard InChI is InChI=1S/C19H14ClN3O2/c1-25-16-7-3-6-15(11-16)23-9-8-22-12-17(21-18(22)19(23)24)13-4-2-5-14(20)10-13/h2-12H,1H3. The van der Waals surface area contributed by atoms with Crippen LogP contribution < -0.4 is 10.3 Å². The van der Waals surface area contributed by atoms with Crippen molar-refractivity contribution in [2.45, 2.75) is 0 Å². The van der Waals surface area contributed by atoms with Crippen LogP contribution in [0.2, 0.25) is 5.02 Å². The molecule has 0 fully saturated rings. The van der Waals surface area contributed by atoms with Crippen LogP contribution in [0.15, 0.2) is 71.9 Å². The lowest BCUT2D eigenvalue weighted by atomic mass is 10.2. The molecular weight excluding hydrogens is 338 g/mol. The fourth-order valence-corrected chi connectivity index (χ4v) is 2.92. The Labute approximate surface area is 148 Å². The van der Waals surface area contributed by atoms with Crippen LogP contribution in [0.1, 0.15) is 0 Å². The molecular formula is C19H14ClN3O2. The summed E-state index contributed by atoms with van der Waals surface area (Å²) in [6.07, 6.45) is 5.34. The first-order chi connectivity index (χ1) is 12.2. The van der Waals surface area contributed by atoms with E-state index in [1.807, 2.05) is 42.6 Å². The largest absolute Gasteiger partial charge is 0.497 e. The quantitative estimate of drug-likeness (QED) is 0.564. The van der Waals surface area contributed by atoms with Crippen molar-refractivity contribution in [2.75, 3.05) is 7.11 Å². The van der Waals surface area contributed by atoms with Crippen LogP contribution in [-0.4, -0.2) is 21.1 Å². The number of nitrogens with zero attached hydrogens (tertiary/aromatic N) is 3. The van der Waals surface area contributed by atoms with E-state index in [2.05, 4.69) is 4.98 Å². The van der Waals surface area contributed by atoms with Gasteiger partial charge in [0.05, 0.1) is 18.5 Å². The highest BCUT2D eigenvalue weighted by Crippen LogP contribution is 2.22. The summed E-state index contributed by atoms with van der Waals surface area (Å²) in [5, 5.41) is 0.628. The molecule has 2 aromatic heterocycles. The first kappa shape index (κ1) is 15.5. The van der Waals surface area contributed by atoms with Gasteiger partial charge in [-0.3, -0.25) is 9.36 Å². The van der Waals surface area contributed by atoms with Crippen LogP contribution in [0.4, 0.5) is 0 Å². The van der Waals surface area contributed by atoms with E-state index < -0.39 is 0 Å². The van der Waals surface area contributed by atoms with Crippen LogP contribution in [0.3, 0.4) is 0 Å². The number of ether oxygens (including phenoxy) is 1. The number of rotatable bonds is 3. The molecule has 4 rings (SSSR count). The normalized spacial score (nSPS) is 11.0. The van der Waals surface area contributed by atoms with Gasteiger partial charge in [-0.15, -0.1) is 0 Å². The van der Waals surface area contributed by atoms with Crippen LogP contribution in [-0.2, 0) is 0 Å². The Morgan fingerprint density at radius 2 is 1.92 bits per heavy atom. The molecule has 0 saturated heterocycles. The summed E-state index contributed by atoms with van der Waals surface area (Å²) in [5.41, 5.74) is 2.43. The van der Waals surface area contributed by atoms with Gasteiger partial charge in [-0.05, 0) is 24.3 Å². The number of hydrogen-bond donors (Lipinski definition) is 0. The minimum atomic E-state index is -0.205. The Bertz CT molecular complexity index is 1130. The number of imidazole rings is 1. The van der Waals surface area contributed by atoms with Gasteiger partial charge in [0.25, 0.3) is 5.56 Å². The fraction of sp³-hybridized carbons (Fsp3) is 0.0526. The van der Waals surface area contributed by atoms with Crippen LogP contribution in [0, 0.1) is 0 Å². The zero-order valence-electron chi connectivity index (χ0n) is 13.4. The SMILES string of the molecule is COc1cccc(-n2ccn3cc(-c4cccc(Cl)c4)nc3c2=O)c1. The van der Waals surface area contributed by atoms with Gasteiger partial charge in [0.2, 0.25) is 5.65 Å². The van der Waals surface area contributed by atoms with E-state index in [0.717, 1.165) is 11.3 Å². The lowest BCUT2D eigenvalue weighted by molar-refractivity contribution is 0.414. The second kappa shape index (κ2) is 6.11. The molecule has 0 bridgehead atoms. The third-order valence-electron chi connectivity index (χ3n) is 3.97. The number of aromatic nitrogens is 3. The van der Waals surface area contributed by atoms with Gasteiger partial charge in [0, 0.05) is 35.2 Å². The molecule has 6 heteroatoms. The molecule has 5 nitrogen and oxygen atoms in total. The predicted octanol–water partition coefficient (Wildman–Crippen LogP) is 3.81. The van der Waals surface area contributed by atoms with Gasteiger partial charge in [-0.25, -0.2) is 4.98 Å². The second-order valence-corrected chi connectivity index (χ2v) is 5.98. The highest BCUT2D eigenvalue weighted by molar-refractivity contribution is 6.30. The first-order valence-electron chi connectivity index (χ1n) is 7.66. The Hall–Kier alpha value is -3.05. The van der Waals surface area contributed by atoms with Gasteiger partial charge in [-0.1, -0.05) is 29.8 Å².